The molecular formula is C44H28BrF9N8S6. The minimum atomic E-state index is -4.61. The van der Waals surface area contributed by atoms with Gasteiger partial charge in [-0.2, -0.15) is 49.7 Å². The summed E-state index contributed by atoms with van der Waals surface area (Å²) in [6.07, 6.45) is -13.7. The second kappa shape index (κ2) is 18.8. The lowest BCUT2D eigenvalue weighted by atomic mass is 10.0. The Hall–Kier alpha value is -4.33. The first-order valence-corrected chi connectivity index (χ1v) is 24.0. The zero-order chi connectivity index (χ0) is 48.9. The zero-order valence-corrected chi connectivity index (χ0v) is 40.8. The number of nitrogens with zero attached hydrogens (tertiary/aromatic N) is 8. The second-order valence-electron chi connectivity index (χ2n) is 15.1. The van der Waals surface area contributed by atoms with Gasteiger partial charge in [0, 0.05) is 70.8 Å². The van der Waals surface area contributed by atoms with Crippen molar-refractivity contribution in [2.75, 3.05) is 0 Å². The van der Waals surface area contributed by atoms with Gasteiger partial charge in [0.05, 0.1) is 0 Å². The third kappa shape index (κ3) is 11.2. The van der Waals surface area contributed by atoms with E-state index < -0.39 is 41.2 Å². The van der Waals surface area contributed by atoms with Gasteiger partial charge in [0.15, 0.2) is 0 Å². The van der Waals surface area contributed by atoms with Crippen LogP contribution < -0.4 is 0 Å². The van der Waals surface area contributed by atoms with E-state index in [9.17, 15) is 39.5 Å². The molecule has 24 heteroatoms. The van der Waals surface area contributed by atoms with E-state index in [2.05, 4.69) is 94.7 Å². The number of alkyl halides is 9. The summed E-state index contributed by atoms with van der Waals surface area (Å²) in [6.45, 7) is 1.92. The molecule has 4 aliphatic heterocycles. The van der Waals surface area contributed by atoms with Crippen molar-refractivity contribution in [1.82, 2.24) is 0 Å². The Morgan fingerprint density at radius 1 is 0.368 bits per heavy atom. The Labute approximate surface area is 419 Å². The van der Waals surface area contributed by atoms with Crippen LogP contribution in [0.3, 0.4) is 0 Å². The molecule has 4 aliphatic rings. The SMILES string of the molecule is CC1(c2ccc(Sc3cc(Sc4ccc(C5(C(F)(F)F)N=N5)cc4)cc(Sc4ccc(C5(C(F)(F)F)N=N5)cc4)c3)cc2)N=N1.FC(F)(F)C1(c2ccc(Br)cc2)N=N1.Sc1cc(S)cc(S)c1. The topological polar surface area (TPSA) is 98.9 Å². The summed E-state index contributed by atoms with van der Waals surface area (Å²) < 4.78 is 119. The molecule has 8 nitrogen and oxygen atoms in total. The van der Waals surface area contributed by atoms with E-state index in [1.54, 1.807) is 24.3 Å². The van der Waals surface area contributed by atoms with Gasteiger partial charge in [0.25, 0.3) is 0 Å². The third-order valence-corrected chi connectivity index (χ3v) is 14.3. The zero-order valence-electron chi connectivity index (χ0n) is 34.1. The van der Waals surface area contributed by atoms with Gasteiger partial charge in [0.1, 0.15) is 0 Å². The van der Waals surface area contributed by atoms with Gasteiger partial charge in [-0.05, 0) is 91.9 Å². The summed E-state index contributed by atoms with van der Waals surface area (Å²) >= 11 is 19.8. The molecule has 0 saturated heterocycles. The summed E-state index contributed by atoms with van der Waals surface area (Å²) in [7, 11) is 0. The van der Waals surface area contributed by atoms with Crippen molar-refractivity contribution >= 4 is 89.1 Å². The number of halogens is 10. The standard InChI is InChI=1S/C30H18F6N6S3.C8H4BrF3N2.C6H6S3/c1-26(37-38-26)17-2-8-20(9-3-17)43-23-14-24(44-21-10-4-18(5-11-21)27(39-40-27)29(31,32)33)16-25(15-23)45-22-12-6-19(7-13-22)28(41-42-28)30(34,35)36;9-6-3-1-5(2-4-6)7(13-14-7)8(10,11)12;7-4-1-5(8)3-6(9)2-4/h2-16H,1H3;1-4H;1-3,7-9H. The van der Waals surface area contributed by atoms with Crippen LogP contribution in [0, 0.1) is 0 Å². The maximum atomic E-state index is 13.4. The lowest BCUT2D eigenvalue weighted by Gasteiger charge is -2.15. The lowest BCUT2D eigenvalue weighted by molar-refractivity contribution is -0.166. The van der Waals surface area contributed by atoms with E-state index in [-0.39, 0.29) is 16.7 Å². The average molecular weight is 1110 g/mol. The molecule has 4 heterocycles. The van der Waals surface area contributed by atoms with Crippen LogP contribution in [0.1, 0.15) is 29.2 Å². The normalized spacial score (nSPS) is 17.1. The molecule has 0 saturated carbocycles. The van der Waals surface area contributed by atoms with Gasteiger partial charge in [-0.25, -0.2) is 0 Å². The minimum Gasteiger partial charge on any atom is -0.166 e. The first-order valence-electron chi connectivity index (χ1n) is 19.4. The summed E-state index contributed by atoms with van der Waals surface area (Å²) in [5.41, 5.74) is -6.82. The molecule has 0 fully saturated rings. The van der Waals surface area contributed by atoms with Gasteiger partial charge in [-0.15, -0.1) is 68.6 Å². The summed E-state index contributed by atoms with van der Waals surface area (Å²) in [6, 6.07) is 37.0. The number of benzene rings is 6. The van der Waals surface area contributed by atoms with Crippen molar-refractivity contribution in [3.05, 3.63) is 160 Å². The molecule has 0 aliphatic carbocycles. The van der Waals surface area contributed by atoms with Crippen LogP contribution in [0.15, 0.2) is 223 Å². The van der Waals surface area contributed by atoms with Crippen molar-refractivity contribution in [3.8, 4) is 0 Å². The molecule has 6 aromatic carbocycles. The van der Waals surface area contributed by atoms with Crippen molar-refractivity contribution < 1.29 is 39.5 Å². The van der Waals surface area contributed by atoms with Crippen LogP contribution in [0.4, 0.5) is 39.5 Å². The Bertz CT molecular complexity index is 2790. The van der Waals surface area contributed by atoms with Crippen LogP contribution in [-0.2, 0) is 22.7 Å². The molecule has 0 bridgehead atoms. The monoisotopic (exact) mass is 1110 g/mol. The molecule has 6 aromatic rings. The molecule has 350 valence electrons. The first-order chi connectivity index (χ1) is 31.9. The molecular weight excluding hydrogens is 1080 g/mol. The van der Waals surface area contributed by atoms with E-state index in [4.69, 9.17) is 0 Å². The molecule has 68 heavy (non-hydrogen) atoms. The first kappa shape index (κ1) is 50.1. The van der Waals surface area contributed by atoms with Gasteiger partial charge in [0.2, 0.25) is 5.66 Å². The number of thiol groups is 3. The molecule has 0 radical (unpaired) electrons. The molecule has 0 atom stereocenters. The lowest BCUT2D eigenvalue weighted by Crippen LogP contribution is -2.29. The highest BCUT2D eigenvalue weighted by molar-refractivity contribution is 9.10. The fourth-order valence-corrected chi connectivity index (χ4v) is 10.6. The molecule has 0 unspecified atom stereocenters. The minimum absolute atomic E-state index is 0.0493. The van der Waals surface area contributed by atoms with Crippen LogP contribution >= 0.6 is 89.1 Å². The van der Waals surface area contributed by atoms with Crippen molar-refractivity contribution in [2.45, 2.75) is 92.2 Å². The van der Waals surface area contributed by atoms with E-state index in [0.717, 1.165) is 44.3 Å². The predicted octanol–water partition coefficient (Wildman–Crippen LogP) is 17.3. The quantitative estimate of drug-likeness (QED) is 0.0941. The van der Waals surface area contributed by atoms with Crippen molar-refractivity contribution in [2.24, 2.45) is 40.9 Å². The summed E-state index contributed by atoms with van der Waals surface area (Å²) in [5.74, 6) is 0. The number of rotatable bonds is 10. The average Bonchev–Trinajstić information content (AvgIpc) is 4.06. The van der Waals surface area contributed by atoms with Crippen LogP contribution in [-0.4, -0.2) is 18.5 Å². The van der Waals surface area contributed by atoms with E-state index in [1.807, 2.05) is 67.6 Å². The summed E-state index contributed by atoms with van der Waals surface area (Å²) in [5, 5.41) is 27.4. The maximum absolute atomic E-state index is 13.4. The van der Waals surface area contributed by atoms with Crippen LogP contribution in [0.25, 0.3) is 0 Å². The number of hydrogen-bond acceptors (Lipinski definition) is 14. The Morgan fingerprint density at radius 3 is 0.853 bits per heavy atom. The number of hydrogen-bond donors (Lipinski definition) is 3. The van der Waals surface area contributed by atoms with Gasteiger partial charge in [-0.3, -0.25) is 0 Å². The van der Waals surface area contributed by atoms with Gasteiger partial charge < -0.3 is 0 Å². The van der Waals surface area contributed by atoms with E-state index in [1.165, 1.54) is 83.8 Å². The Balaban J connectivity index is 0.000000221. The van der Waals surface area contributed by atoms with E-state index in [0.29, 0.717) is 9.79 Å². The van der Waals surface area contributed by atoms with E-state index >= 15 is 0 Å². The van der Waals surface area contributed by atoms with Crippen molar-refractivity contribution in [3.63, 3.8) is 0 Å². The summed E-state index contributed by atoms with van der Waals surface area (Å²) in [4.78, 5) is 7.62. The largest absolute Gasteiger partial charge is 0.442 e. The second-order valence-corrected chi connectivity index (χ2v) is 21.0. The predicted molar refractivity (Wildman–Crippen MR) is 250 cm³/mol. The highest BCUT2D eigenvalue weighted by atomic mass is 79.9. The third-order valence-electron chi connectivity index (χ3n) is 10.1. The maximum Gasteiger partial charge on any atom is 0.442 e. The highest BCUT2D eigenvalue weighted by Gasteiger charge is 2.66. The van der Waals surface area contributed by atoms with Crippen LogP contribution in [0.2, 0.25) is 0 Å². The molecule has 10 rings (SSSR count). The highest BCUT2D eigenvalue weighted by Crippen LogP contribution is 2.55. The van der Waals surface area contributed by atoms with Crippen LogP contribution in [0.5, 0.6) is 0 Å². The Morgan fingerprint density at radius 2 is 0.618 bits per heavy atom. The fraction of sp³-hybridized carbons (Fsp3) is 0.182. The van der Waals surface area contributed by atoms with Crippen molar-refractivity contribution in [1.29, 1.82) is 0 Å². The smallest absolute Gasteiger partial charge is 0.166 e. The fourth-order valence-electron chi connectivity index (χ4n) is 6.26. The van der Waals surface area contributed by atoms with Gasteiger partial charge in [-0.1, -0.05) is 99.7 Å². The Kier molecular flexibility index (Phi) is 13.8. The van der Waals surface area contributed by atoms with Gasteiger partial charge >= 0.3 is 35.5 Å². The molecule has 0 N–H and O–H groups in total. The molecule has 0 spiro atoms. The molecule has 0 aromatic heterocycles. The molecule has 0 amide bonds.